The molecule has 4 aliphatic heterocycles. The number of nitrogens with one attached hydrogen (secondary N) is 2. The molecule has 26 heavy (non-hydrogen) atoms. The highest BCUT2D eigenvalue weighted by atomic mass is 16.7. The molecule has 0 aromatic carbocycles. The minimum Gasteiger partial charge on any atom is -0.389 e. The number of carbonyl (C=O) groups is 2. The van der Waals surface area contributed by atoms with E-state index in [1.54, 1.807) is 0 Å². The summed E-state index contributed by atoms with van der Waals surface area (Å²) in [5.74, 6) is 0.466. The second-order valence-electron chi connectivity index (χ2n) is 6.67. The second kappa shape index (κ2) is 6.23. The number of ether oxygens (including phenoxy) is 2. The lowest BCUT2D eigenvalue weighted by Crippen LogP contribution is -2.50. The third-order valence-corrected chi connectivity index (χ3v) is 5.24. The van der Waals surface area contributed by atoms with Gasteiger partial charge in [0.15, 0.2) is 11.6 Å². The molecule has 1 aliphatic carbocycles. The van der Waals surface area contributed by atoms with E-state index in [1.165, 1.54) is 0 Å². The summed E-state index contributed by atoms with van der Waals surface area (Å²) in [6.45, 7) is 4.70. The highest BCUT2D eigenvalue weighted by Gasteiger charge is 2.54. The summed E-state index contributed by atoms with van der Waals surface area (Å²) in [6, 6.07) is -1.60. The van der Waals surface area contributed by atoms with Crippen molar-refractivity contribution in [2.75, 3.05) is 52.6 Å². The molecular formula is C16H20N4O6. The van der Waals surface area contributed by atoms with Gasteiger partial charge in [-0.2, -0.15) is 0 Å². The van der Waals surface area contributed by atoms with Gasteiger partial charge in [-0.1, -0.05) is 0 Å². The SMILES string of the molecule is O=C1C2=C(N3CCOCC3)ONC2C(=O)C2=C(N3CCOCC3)ONC12. The highest BCUT2D eigenvalue weighted by molar-refractivity contribution is 6.21. The minimum atomic E-state index is -0.800. The molecular weight excluding hydrogens is 344 g/mol. The first-order valence-corrected chi connectivity index (χ1v) is 8.82. The smallest absolute Gasteiger partial charge is 0.223 e. The van der Waals surface area contributed by atoms with Crippen molar-refractivity contribution in [3.63, 3.8) is 0 Å². The molecule has 0 amide bonds. The zero-order valence-corrected chi connectivity index (χ0v) is 14.2. The zero-order chi connectivity index (χ0) is 17.7. The number of ketones is 2. The van der Waals surface area contributed by atoms with Crippen LogP contribution in [0.15, 0.2) is 22.9 Å². The van der Waals surface area contributed by atoms with Crippen LogP contribution in [0.4, 0.5) is 0 Å². The topological polar surface area (TPSA) is 102 Å². The fourth-order valence-electron chi connectivity index (χ4n) is 3.88. The van der Waals surface area contributed by atoms with Gasteiger partial charge in [-0.25, -0.2) is 0 Å². The zero-order valence-electron chi connectivity index (χ0n) is 14.2. The molecule has 1 saturated carbocycles. The van der Waals surface area contributed by atoms with Gasteiger partial charge in [-0.3, -0.25) is 9.59 Å². The second-order valence-corrected chi connectivity index (χ2v) is 6.67. The van der Waals surface area contributed by atoms with E-state index in [-0.39, 0.29) is 11.6 Å². The Morgan fingerprint density at radius 2 is 1.08 bits per heavy atom. The van der Waals surface area contributed by atoms with Crippen LogP contribution in [0.2, 0.25) is 0 Å². The number of rotatable bonds is 2. The Hall–Kier alpha value is -2.14. The van der Waals surface area contributed by atoms with E-state index in [4.69, 9.17) is 19.1 Å². The average molecular weight is 364 g/mol. The van der Waals surface area contributed by atoms with Crippen LogP contribution in [0.3, 0.4) is 0 Å². The Labute approximate surface area is 149 Å². The summed E-state index contributed by atoms with van der Waals surface area (Å²) in [7, 11) is 0. The van der Waals surface area contributed by atoms with Gasteiger partial charge in [0.25, 0.3) is 0 Å². The number of fused-ring (bicyclic) bond motifs is 2. The maximum absolute atomic E-state index is 13.1. The molecule has 4 heterocycles. The van der Waals surface area contributed by atoms with Gasteiger partial charge in [0.05, 0.1) is 37.6 Å². The molecule has 5 aliphatic rings. The predicted molar refractivity (Wildman–Crippen MR) is 84.9 cm³/mol. The first-order valence-electron chi connectivity index (χ1n) is 8.82. The summed E-state index contributed by atoms with van der Waals surface area (Å²) in [4.78, 5) is 41.2. The van der Waals surface area contributed by atoms with Crippen molar-refractivity contribution in [3.8, 4) is 0 Å². The van der Waals surface area contributed by atoms with Crippen LogP contribution in [0.1, 0.15) is 0 Å². The summed E-state index contributed by atoms with van der Waals surface area (Å²) < 4.78 is 10.7. The van der Waals surface area contributed by atoms with Crippen molar-refractivity contribution in [2.24, 2.45) is 0 Å². The summed E-state index contributed by atoms with van der Waals surface area (Å²) in [5, 5.41) is 0. The number of hydrogen-bond donors (Lipinski definition) is 2. The van der Waals surface area contributed by atoms with Gasteiger partial charge in [-0.15, -0.1) is 11.0 Å². The third-order valence-electron chi connectivity index (χ3n) is 5.24. The molecule has 140 valence electrons. The van der Waals surface area contributed by atoms with Crippen molar-refractivity contribution in [1.82, 2.24) is 20.8 Å². The van der Waals surface area contributed by atoms with E-state index in [2.05, 4.69) is 11.0 Å². The van der Waals surface area contributed by atoms with Crippen molar-refractivity contribution in [2.45, 2.75) is 12.1 Å². The molecule has 0 bridgehead atoms. The normalized spacial score (nSPS) is 31.8. The van der Waals surface area contributed by atoms with Crippen LogP contribution in [-0.2, 0) is 28.7 Å². The Morgan fingerprint density at radius 3 is 1.46 bits per heavy atom. The quantitative estimate of drug-likeness (QED) is 0.574. The van der Waals surface area contributed by atoms with Crippen LogP contribution in [0.25, 0.3) is 0 Å². The van der Waals surface area contributed by atoms with E-state index in [1.807, 2.05) is 9.80 Å². The minimum absolute atomic E-state index is 0.195. The molecule has 3 fully saturated rings. The van der Waals surface area contributed by atoms with Crippen LogP contribution in [-0.4, -0.2) is 86.1 Å². The largest absolute Gasteiger partial charge is 0.389 e. The van der Waals surface area contributed by atoms with Gasteiger partial charge in [0.2, 0.25) is 11.8 Å². The van der Waals surface area contributed by atoms with E-state index < -0.39 is 12.1 Å². The average Bonchev–Trinajstić information content (AvgIpc) is 3.33. The predicted octanol–water partition coefficient (Wildman–Crippen LogP) is -1.97. The molecule has 10 heteroatoms. The Bertz CT molecular complexity index is 648. The monoisotopic (exact) mass is 364 g/mol. The van der Waals surface area contributed by atoms with E-state index in [9.17, 15) is 9.59 Å². The van der Waals surface area contributed by atoms with Crippen molar-refractivity contribution in [3.05, 3.63) is 22.9 Å². The van der Waals surface area contributed by atoms with Crippen molar-refractivity contribution in [1.29, 1.82) is 0 Å². The van der Waals surface area contributed by atoms with E-state index in [0.29, 0.717) is 75.5 Å². The fraction of sp³-hybridized carbons (Fsp3) is 0.625. The molecule has 2 atom stereocenters. The first kappa shape index (κ1) is 16.1. The number of hydroxylamine groups is 2. The third kappa shape index (κ3) is 2.33. The number of hydrogen-bond acceptors (Lipinski definition) is 10. The van der Waals surface area contributed by atoms with E-state index >= 15 is 0 Å². The van der Waals surface area contributed by atoms with Crippen molar-refractivity contribution >= 4 is 11.6 Å². The molecule has 2 unspecified atom stereocenters. The number of carbonyl (C=O) groups excluding carboxylic acids is 2. The lowest BCUT2D eigenvalue weighted by molar-refractivity contribution is -0.126. The van der Waals surface area contributed by atoms with Crippen LogP contribution >= 0.6 is 0 Å². The standard InChI is InChI=1S/C16H20N4O6/c21-13-9-11(17-25-15(9)19-1-5-23-6-2-19)14(22)10-12(13)18-26-16(10)20-3-7-24-8-4-20/h11-12,17-18H,1-8H2. The lowest BCUT2D eigenvalue weighted by Gasteiger charge is -2.30. The molecule has 10 nitrogen and oxygen atoms in total. The molecule has 0 aromatic rings. The summed E-state index contributed by atoms with van der Waals surface area (Å²) >= 11 is 0. The number of Topliss-reactive ketones (excluding diaryl/α,β-unsaturated/α-hetero) is 2. The molecule has 0 radical (unpaired) electrons. The molecule has 2 saturated heterocycles. The summed E-state index contributed by atoms with van der Waals surface area (Å²) in [6.07, 6.45) is 0. The highest BCUT2D eigenvalue weighted by Crippen LogP contribution is 2.36. The van der Waals surface area contributed by atoms with Gasteiger partial charge in [-0.05, 0) is 0 Å². The molecule has 0 aromatic heterocycles. The Morgan fingerprint density at radius 1 is 0.692 bits per heavy atom. The lowest BCUT2D eigenvalue weighted by atomic mass is 9.81. The maximum atomic E-state index is 13.1. The van der Waals surface area contributed by atoms with Gasteiger partial charge in [0.1, 0.15) is 12.1 Å². The number of morpholine rings is 2. The van der Waals surface area contributed by atoms with Crippen LogP contribution in [0, 0.1) is 0 Å². The number of nitrogens with zero attached hydrogens (tertiary/aromatic N) is 2. The molecule has 5 rings (SSSR count). The van der Waals surface area contributed by atoms with Crippen LogP contribution in [0.5, 0.6) is 0 Å². The van der Waals surface area contributed by atoms with Gasteiger partial charge in [0, 0.05) is 26.2 Å². The fourth-order valence-corrected chi connectivity index (χ4v) is 3.88. The first-order chi connectivity index (χ1) is 12.8. The molecule has 2 N–H and O–H groups in total. The molecule has 0 spiro atoms. The van der Waals surface area contributed by atoms with Crippen LogP contribution < -0.4 is 11.0 Å². The van der Waals surface area contributed by atoms with Gasteiger partial charge < -0.3 is 28.9 Å². The Kier molecular flexibility index (Phi) is 3.85. The maximum Gasteiger partial charge on any atom is 0.223 e. The van der Waals surface area contributed by atoms with Crippen molar-refractivity contribution < 1.29 is 28.7 Å². The van der Waals surface area contributed by atoms with Gasteiger partial charge >= 0.3 is 0 Å². The summed E-state index contributed by atoms with van der Waals surface area (Å²) in [5.41, 5.74) is 6.20. The Balaban J connectivity index is 1.50. The van der Waals surface area contributed by atoms with E-state index in [0.717, 1.165) is 0 Å².